The van der Waals surface area contributed by atoms with Crippen molar-refractivity contribution in [3.8, 4) is 0 Å². The van der Waals surface area contributed by atoms with Crippen molar-refractivity contribution in [3.05, 3.63) is 11.6 Å². The molecule has 1 heterocycles. The van der Waals surface area contributed by atoms with Crippen molar-refractivity contribution in [2.45, 2.75) is 58.9 Å². The molecule has 0 unspecified atom stereocenters. The first-order valence-corrected chi connectivity index (χ1v) is 6.51. The van der Waals surface area contributed by atoms with Gasteiger partial charge in [0, 0.05) is 0 Å². The highest BCUT2D eigenvalue weighted by atomic mass is 16.6. The van der Waals surface area contributed by atoms with Crippen LogP contribution in [0.5, 0.6) is 0 Å². The van der Waals surface area contributed by atoms with Gasteiger partial charge in [-0.1, -0.05) is 6.08 Å². The molecule has 1 rings (SSSR count). The van der Waals surface area contributed by atoms with Crippen LogP contribution in [0.4, 0.5) is 4.79 Å². The van der Waals surface area contributed by atoms with E-state index in [1.165, 1.54) is 0 Å². The minimum atomic E-state index is -0.709. The zero-order chi connectivity index (χ0) is 14.8. The summed E-state index contributed by atoms with van der Waals surface area (Å²) >= 11 is 0. The molecule has 0 saturated carbocycles. The van der Waals surface area contributed by atoms with Gasteiger partial charge in [-0.3, -0.25) is 4.90 Å². The average Bonchev–Trinajstić information content (AvgIpc) is 2.51. The van der Waals surface area contributed by atoms with Gasteiger partial charge in [0.1, 0.15) is 11.3 Å². The van der Waals surface area contributed by atoms with Crippen LogP contribution in [0.25, 0.3) is 0 Å². The Morgan fingerprint density at radius 1 is 1.53 bits per heavy atom. The largest absolute Gasteiger partial charge is 0.444 e. The molecule has 0 radical (unpaired) electrons. The molecule has 19 heavy (non-hydrogen) atoms. The molecule has 0 aromatic carbocycles. The lowest BCUT2D eigenvalue weighted by atomic mass is 10.1. The molecule has 0 spiro atoms. The van der Waals surface area contributed by atoms with Gasteiger partial charge in [0.15, 0.2) is 0 Å². The van der Waals surface area contributed by atoms with E-state index < -0.39 is 17.4 Å². The van der Waals surface area contributed by atoms with E-state index in [0.717, 1.165) is 5.57 Å². The number of amides is 1. The van der Waals surface area contributed by atoms with Gasteiger partial charge in [-0.15, -0.1) is 0 Å². The first kappa shape index (κ1) is 16.0. The second kappa shape index (κ2) is 5.51. The Morgan fingerprint density at radius 2 is 2.11 bits per heavy atom. The quantitative estimate of drug-likeness (QED) is 0.783. The zero-order valence-corrected chi connectivity index (χ0v) is 12.7. The molecule has 1 aliphatic rings. The van der Waals surface area contributed by atoms with Gasteiger partial charge in [0.2, 0.25) is 0 Å². The number of ether oxygens (including phenoxy) is 2. The Morgan fingerprint density at radius 3 is 2.58 bits per heavy atom. The second-order valence-corrected chi connectivity index (χ2v) is 6.35. The van der Waals surface area contributed by atoms with Gasteiger partial charge in [0.25, 0.3) is 0 Å². The van der Waals surface area contributed by atoms with Crippen LogP contribution in [0.1, 0.15) is 41.5 Å². The van der Waals surface area contributed by atoms with Crippen molar-refractivity contribution >= 4 is 6.09 Å². The molecule has 5 heteroatoms. The number of rotatable bonds is 2. The van der Waals surface area contributed by atoms with E-state index in [-0.39, 0.29) is 12.6 Å². The van der Waals surface area contributed by atoms with Crippen LogP contribution in [0.2, 0.25) is 0 Å². The van der Waals surface area contributed by atoms with Gasteiger partial charge < -0.3 is 14.6 Å². The molecular formula is C14H25NO4. The molecule has 1 saturated heterocycles. The van der Waals surface area contributed by atoms with Gasteiger partial charge in [-0.2, -0.15) is 0 Å². The van der Waals surface area contributed by atoms with Gasteiger partial charge in [-0.05, 0) is 47.1 Å². The van der Waals surface area contributed by atoms with E-state index in [2.05, 4.69) is 0 Å². The molecule has 1 amide bonds. The SMILES string of the molecule is C/C(=C\[C@H]1COC(C)(C)N1C(=O)OC(C)(C)C)CO. The normalized spacial score (nSPS) is 23.6. The van der Waals surface area contributed by atoms with Crippen molar-refractivity contribution in [2.75, 3.05) is 13.2 Å². The fourth-order valence-corrected chi connectivity index (χ4v) is 2.00. The van der Waals surface area contributed by atoms with Gasteiger partial charge in [0.05, 0.1) is 19.3 Å². The molecule has 5 nitrogen and oxygen atoms in total. The van der Waals surface area contributed by atoms with Crippen LogP contribution in [0, 0.1) is 0 Å². The van der Waals surface area contributed by atoms with Gasteiger partial charge in [-0.25, -0.2) is 4.79 Å². The van der Waals surface area contributed by atoms with Crippen molar-refractivity contribution in [2.24, 2.45) is 0 Å². The summed E-state index contributed by atoms with van der Waals surface area (Å²) < 4.78 is 11.1. The Labute approximate surface area is 115 Å². The number of aliphatic hydroxyl groups excluding tert-OH is 1. The third-order valence-corrected chi connectivity index (χ3v) is 2.84. The predicted molar refractivity (Wildman–Crippen MR) is 72.7 cm³/mol. The monoisotopic (exact) mass is 271 g/mol. The molecule has 0 aromatic rings. The molecule has 1 aliphatic heterocycles. The topological polar surface area (TPSA) is 59.0 Å². The maximum Gasteiger partial charge on any atom is 0.413 e. The van der Waals surface area contributed by atoms with E-state index in [1.54, 1.807) is 4.90 Å². The molecule has 0 aliphatic carbocycles. The number of carbonyl (C=O) groups excluding carboxylic acids is 1. The van der Waals surface area contributed by atoms with Crippen LogP contribution in [0.15, 0.2) is 11.6 Å². The molecular weight excluding hydrogens is 246 g/mol. The Hall–Kier alpha value is -1.07. The Balaban J connectivity index is 2.93. The summed E-state index contributed by atoms with van der Waals surface area (Å²) in [6.45, 7) is 11.4. The highest BCUT2D eigenvalue weighted by molar-refractivity contribution is 5.70. The Kier molecular flexibility index (Phi) is 4.63. The number of carbonyl (C=O) groups is 1. The van der Waals surface area contributed by atoms with E-state index in [9.17, 15) is 4.79 Å². The lowest BCUT2D eigenvalue weighted by Crippen LogP contribution is -2.49. The van der Waals surface area contributed by atoms with Crippen LogP contribution in [-0.4, -0.2) is 46.7 Å². The molecule has 0 bridgehead atoms. The molecule has 0 aromatic heterocycles. The third kappa shape index (κ3) is 4.21. The summed E-state index contributed by atoms with van der Waals surface area (Å²) in [7, 11) is 0. The first-order chi connectivity index (χ1) is 8.57. The highest BCUT2D eigenvalue weighted by Crippen LogP contribution is 2.30. The van der Waals surface area contributed by atoms with Crippen molar-refractivity contribution in [1.29, 1.82) is 0 Å². The standard InChI is InChI=1S/C14H25NO4/c1-10(8-16)7-11-9-18-14(5,6)15(11)12(17)19-13(2,3)4/h7,11,16H,8-9H2,1-6H3/b10-7+/t11-/m0/s1. The molecule has 1 fully saturated rings. The van der Waals surface area contributed by atoms with E-state index >= 15 is 0 Å². The highest BCUT2D eigenvalue weighted by Gasteiger charge is 2.44. The van der Waals surface area contributed by atoms with Crippen LogP contribution in [0.3, 0.4) is 0 Å². The maximum atomic E-state index is 12.3. The zero-order valence-electron chi connectivity index (χ0n) is 12.7. The molecule has 1 atom stereocenters. The molecule has 1 N–H and O–H groups in total. The van der Waals surface area contributed by atoms with Gasteiger partial charge >= 0.3 is 6.09 Å². The minimum Gasteiger partial charge on any atom is -0.444 e. The summed E-state index contributed by atoms with van der Waals surface area (Å²) in [6.07, 6.45) is 1.44. The lowest BCUT2D eigenvalue weighted by Gasteiger charge is -2.34. The number of hydrogen-bond donors (Lipinski definition) is 1. The Bertz CT molecular complexity index is 368. The van der Waals surface area contributed by atoms with Crippen molar-refractivity contribution in [3.63, 3.8) is 0 Å². The van der Waals surface area contributed by atoms with Crippen molar-refractivity contribution in [1.82, 2.24) is 4.90 Å². The fourth-order valence-electron chi connectivity index (χ4n) is 2.00. The lowest BCUT2D eigenvalue weighted by molar-refractivity contribution is -0.0610. The van der Waals surface area contributed by atoms with E-state index in [0.29, 0.717) is 6.61 Å². The summed E-state index contributed by atoms with van der Waals surface area (Å²) in [5, 5.41) is 9.09. The average molecular weight is 271 g/mol. The minimum absolute atomic E-state index is 0.0287. The fraction of sp³-hybridized carbons (Fsp3) is 0.786. The van der Waals surface area contributed by atoms with Crippen LogP contribution >= 0.6 is 0 Å². The summed E-state index contributed by atoms with van der Waals surface area (Å²) in [5.41, 5.74) is -0.449. The van der Waals surface area contributed by atoms with Crippen LogP contribution < -0.4 is 0 Å². The third-order valence-electron chi connectivity index (χ3n) is 2.84. The maximum absolute atomic E-state index is 12.3. The van der Waals surface area contributed by atoms with E-state index in [4.69, 9.17) is 14.6 Å². The molecule has 110 valence electrons. The first-order valence-electron chi connectivity index (χ1n) is 6.51. The van der Waals surface area contributed by atoms with Crippen molar-refractivity contribution < 1.29 is 19.4 Å². The number of aliphatic hydroxyl groups is 1. The summed E-state index contributed by atoms with van der Waals surface area (Å²) in [6, 6.07) is -0.211. The smallest absolute Gasteiger partial charge is 0.413 e. The van der Waals surface area contributed by atoms with E-state index in [1.807, 2.05) is 47.6 Å². The predicted octanol–water partition coefficient (Wildman–Crippen LogP) is 2.30. The summed E-state index contributed by atoms with van der Waals surface area (Å²) in [4.78, 5) is 13.9. The van der Waals surface area contributed by atoms with Crippen LogP contribution in [-0.2, 0) is 9.47 Å². The summed E-state index contributed by atoms with van der Waals surface area (Å²) in [5.74, 6) is 0. The second-order valence-electron chi connectivity index (χ2n) is 6.35. The number of nitrogens with zero attached hydrogens (tertiary/aromatic N) is 1. The number of hydrogen-bond acceptors (Lipinski definition) is 4.